The van der Waals surface area contributed by atoms with Crippen LogP contribution in [0.15, 0.2) is 65.5 Å². The number of rotatable bonds is 0. The Morgan fingerprint density at radius 2 is 1.12 bits per heavy atom. The van der Waals surface area contributed by atoms with Crippen molar-refractivity contribution in [3.05, 3.63) is 76.4 Å². The summed E-state index contributed by atoms with van der Waals surface area (Å²) in [5.74, 6) is 0. The van der Waals surface area contributed by atoms with Crippen molar-refractivity contribution in [3.8, 4) is 0 Å². The average molecular weight is 319 g/mol. The van der Waals surface area contributed by atoms with E-state index in [0.29, 0.717) is 5.35 Å². The topological polar surface area (TPSA) is 32.9 Å². The Hall–Kier alpha value is -3.39. The van der Waals surface area contributed by atoms with Crippen LogP contribution in [0.25, 0.3) is 60.4 Å². The van der Waals surface area contributed by atoms with E-state index in [1.165, 1.54) is 32.3 Å². The van der Waals surface area contributed by atoms with Gasteiger partial charge in [0.1, 0.15) is 0 Å². The van der Waals surface area contributed by atoms with Crippen LogP contribution in [-0.2, 0) is 0 Å². The molecule has 0 atom stereocenters. The molecule has 5 aromatic carbocycles. The average Bonchev–Trinajstić information content (AvgIpc) is 2.64. The highest BCUT2D eigenvalue weighted by Gasteiger charge is 2.16. The molecule has 2 nitrogen and oxygen atoms in total. The van der Waals surface area contributed by atoms with Gasteiger partial charge in [-0.1, -0.05) is 61.2 Å². The summed E-state index contributed by atoms with van der Waals surface area (Å²) in [5.41, 5.74) is -0.0710. The molecule has 1 N–H and O–H groups in total. The molecule has 0 aliphatic heterocycles. The molecule has 0 aliphatic rings. The SMILES string of the molecule is C=c1[nH]c(=O)c2ccc3c4cccc5cccc(c6ccc1c2c63)c54. The van der Waals surface area contributed by atoms with Crippen LogP contribution in [0.5, 0.6) is 0 Å². The molecule has 0 saturated carbocycles. The maximum atomic E-state index is 12.5. The van der Waals surface area contributed by atoms with E-state index < -0.39 is 0 Å². The molecule has 6 rings (SSSR count). The number of pyridine rings is 1. The Kier molecular flexibility index (Phi) is 2.16. The standard InChI is InChI=1S/C23H13NO/c1-12-14-8-9-17-15-6-2-4-13-5-3-7-16(20(13)15)18-10-11-19(23(25)24-12)21(14)22(17)18/h2-11H,1H2,(H,24,25). The highest BCUT2D eigenvalue weighted by Crippen LogP contribution is 2.41. The van der Waals surface area contributed by atoms with E-state index in [2.05, 4.69) is 66.2 Å². The first-order chi connectivity index (χ1) is 12.2. The summed E-state index contributed by atoms with van der Waals surface area (Å²) in [7, 11) is 0. The van der Waals surface area contributed by atoms with E-state index in [9.17, 15) is 4.79 Å². The predicted molar refractivity (Wildman–Crippen MR) is 107 cm³/mol. The summed E-state index contributed by atoms with van der Waals surface area (Å²) in [6.07, 6.45) is 0. The van der Waals surface area contributed by atoms with Crippen molar-refractivity contribution in [1.82, 2.24) is 4.98 Å². The quantitative estimate of drug-likeness (QED) is 0.319. The lowest BCUT2D eigenvalue weighted by Gasteiger charge is -2.16. The van der Waals surface area contributed by atoms with Gasteiger partial charge in [-0.15, -0.1) is 0 Å². The van der Waals surface area contributed by atoms with E-state index in [4.69, 9.17) is 0 Å². The first-order valence-corrected chi connectivity index (χ1v) is 8.37. The maximum Gasteiger partial charge on any atom is 0.256 e. The minimum absolute atomic E-state index is 0.0710. The predicted octanol–water partition coefficient (Wildman–Crippen LogP) is 4.71. The molecule has 0 amide bonds. The molecule has 6 aromatic rings. The summed E-state index contributed by atoms with van der Waals surface area (Å²) < 4.78 is 0. The van der Waals surface area contributed by atoms with Crippen molar-refractivity contribution in [2.45, 2.75) is 0 Å². The fourth-order valence-corrected chi connectivity index (χ4v) is 4.45. The van der Waals surface area contributed by atoms with E-state index >= 15 is 0 Å². The van der Waals surface area contributed by atoms with Gasteiger partial charge in [-0.25, -0.2) is 0 Å². The highest BCUT2D eigenvalue weighted by molar-refractivity contribution is 6.36. The summed E-state index contributed by atoms with van der Waals surface area (Å²) in [6.45, 7) is 4.04. The zero-order chi connectivity index (χ0) is 16.7. The number of benzene rings is 5. The van der Waals surface area contributed by atoms with Crippen LogP contribution < -0.4 is 10.9 Å². The monoisotopic (exact) mass is 319 g/mol. The van der Waals surface area contributed by atoms with Crippen molar-refractivity contribution in [1.29, 1.82) is 0 Å². The Morgan fingerprint density at radius 1 is 0.600 bits per heavy atom. The van der Waals surface area contributed by atoms with Gasteiger partial charge in [-0.3, -0.25) is 4.79 Å². The largest absolute Gasteiger partial charge is 0.322 e. The Balaban J connectivity index is 2.13. The van der Waals surface area contributed by atoms with Gasteiger partial charge < -0.3 is 4.98 Å². The second-order valence-corrected chi connectivity index (χ2v) is 6.71. The number of aromatic nitrogens is 1. The molecule has 1 heterocycles. The molecule has 0 spiro atoms. The second kappa shape index (κ2) is 4.17. The van der Waals surface area contributed by atoms with Crippen LogP contribution in [0.2, 0.25) is 0 Å². The number of fused-ring (bicyclic) bond motifs is 2. The maximum absolute atomic E-state index is 12.5. The van der Waals surface area contributed by atoms with Gasteiger partial charge >= 0.3 is 0 Å². The number of nitrogens with one attached hydrogen (secondary N) is 1. The normalized spacial score (nSPS) is 12.3. The highest BCUT2D eigenvalue weighted by atomic mass is 16.1. The molecular formula is C23H13NO. The zero-order valence-corrected chi connectivity index (χ0v) is 13.4. The van der Waals surface area contributed by atoms with Crippen molar-refractivity contribution in [3.63, 3.8) is 0 Å². The van der Waals surface area contributed by atoms with Gasteiger partial charge in [0.15, 0.2) is 0 Å². The molecule has 0 unspecified atom stereocenters. The second-order valence-electron chi connectivity index (χ2n) is 6.71. The van der Waals surface area contributed by atoms with Gasteiger partial charge in [-0.05, 0) is 43.8 Å². The van der Waals surface area contributed by atoms with Crippen LogP contribution in [-0.4, -0.2) is 4.98 Å². The van der Waals surface area contributed by atoms with E-state index in [-0.39, 0.29) is 5.56 Å². The molecule has 116 valence electrons. The fraction of sp³-hybridized carbons (Fsp3) is 0. The fourth-order valence-electron chi connectivity index (χ4n) is 4.45. The number of hydrogen-bond donors (Lipinski definition) is 1. The lowest BCUT2D eigenvalue weighted by Crippen LogP contribution is -2.19. The third-order valence-corrected chi connectivity index (χ3v) is 5.48. The van der Waals surface area contributed by atoms with Gasteiger partial charge in [0.25, 0.3) is 5.56 Å². The molecular weight excluding hydrogens is 306 g/mol. The smallest absolute Gasteiger partial charge is 0.256 e. The minimum Gasteiger partial charge on any atom is -0.322 e. The van der Waals surface area contributed by atoms with E-state index in [1.807, 2.05) is 6.07 Å². The van der Waals surface area contributed by atoms with Gasteiger partial charge in [-0.2, -0.15) is 0 Å². The number of aromatic amines is 1. The van der Waals surface area contributed by atoms with Crippen molar-refractivity contribution in [2.75, 3.05) is 0 Å². The third-order valence-electron chi connectivity index (χ3n) is 5.48. The lowest BCUT2D eigenvalue weighted by molar-refractivity contribution is 1.24. The van der Waals surface area contributed by atoms with Crippen LogP contribution in [0.3, 0.4) is 0 Å². The first-order valence-electron chi connectivity index (χ1n) is 8.37. The van der Waals surface area contributed by atoms with Crippen LogP contribution in [0.1, 0.15) is 0 Å². The van der Waals surface area contributed by atoms with Crippen molar-refractivity contribution >= 4 is 60.4 Å². The molecule has 0 aliphatic carbocycles. The van der Waals surface area contributed by atoms with Gasteiger partial charge in [0, 0.05) is 21.5 Å². The van der Waals surface area contributed by atoms with E-state index in [0.717, 1.165) is 21.5 Å². The number of H-pyrrole nitrogens is 1. The lowest BCUT2D eigenvalue weighted by atomic mass is 9.88. The van der Waals surface area contributed by atoms with Crippen LogP contribution >= 0.6 is 0 Å². The Morgan fingerprint density at radius 3 is 1.80 bits per heavy atom. The summed E-state index contributed by atoms with van der Waals surface area (Å²) >= 11 is 0. The molecule has 2 heteroatoms. The molecule has 0 bridgehead atoms. The van der Waals surface area contributed by atoms with Gasteiger partial charge in [0.2, 0.25) is 0 Å². The summed E-state index contributed by atoms with van der Waals surface area (Å²) in [6, 6.07) is 21.2. The molecule has 0 fully saturated rings. The van der Waals surface area contributed by atoms with Crippen molar-refractivity contribution < 1.29 is 0 Å². The molecule has 0 saturated heterocycles. The van der Waals surface area contributed by atoms with E-state index in [1.54, 1.807) is 0 Å². The Bertz CT molecular complexity index is 1460. The molecule has 25 heavy (non-hydrogen) atoms. The zero-order valence-electron chi connectivity index (χ0n) is 13.4. The molecule has 0 radical (unpaired) electrons. The number of hydrogen-bond acceptors (Lipinski definition) is 1. The van der Waals surface area contributed by atoms with Crippen molar-refractivity contribution in [2.24, 2.45) is 0 Å². The van der Waals surface area contributed by atoms with Crippen LogP contribution in [0.4, 0.5) is 0 Å². The summed E-state index contributed by atoms with van der Waals surface area (Å²) in [5, 5.41) is 12.0. The Labute approximate surface area is 142 Å². The summed E-state index contributed by atoms with van der Waals surface area (Å²) in [4.78, 5) is 15.4. The van der Waals surface area contributed by atoms with Gasteiger partial charge in [0.05, 0.1) is 0 Å². The van der Waals surface area contributed by atoms with Crippen LogP contribution in [0, 0.1) is 0 Å². The molecule has 1 aromatic heterocycles. The first kappa shape index (κ1) is 13.0. The third kappa shape index (κ3) is 1.43. The minimum atomic E-state index is -0.0710.